The van der Waals surface area contributed by atoms with Gasteiger partial charge in [-0.3, -0.25) is 4.79 Å². The molecule has 0 N–H and O–H groups in total. The monoisotopic (exact) mass is 307 g/mol. The third-order valence-electron chi connectivity index (χ3n) is 3.36. The molecule has 0 aliphatic carbocycles. The number of hydrogen-bond acceptors (Lipinski definition) is 5. The van der Waals surface area contributed by atoms with Gasteiger partial charge in [0.15, 0.2) is 0 Å². The molecule has 6 heteroatoms. The van der Waals surface area contributed by atoms with Crippen LogP contribution in [0.2, 0.25) is 0 Å². The van der Waals surface area contributed by atoms with E-state index < -0.39 is 0 Å². The van der Waals surface area contributed by atoms with E-state index in [9.17, 15) is 4.79 Å². The molecule has 5 nitrogen and oxygen atoms in total. The number of carbonyl (C=O) groups excluding carboxylic acids is 1. The molecule has 0 unspecified atom stereocenters. The lowest BCUT2D eigenvalue weighted by atomic mass is 10.2. The lowest BCUT2D eigenvalue weighted by molar-refractivity contribution is 0.0797. The lowest BCUT2D eigenvalue weighted by Crippen LogP contribution is -2.27. The number of aromatic nitrogens is 2. The van der Waals surface area contributed by atoms with Gasteiger partial charge in [0.2, 0.25) is 5.88 Å². The van der Waals surface area contributed by atoms with Crippen molar-refractivity contribution in [3.63, 3.8) is 0 Å². The maximum atomic E-state index is 12.6. The van der Waals surface area contributed by atoms with E-state index in [1.54, 1.807) is 4.90 Å². The second-order valence-corrected chi connectivity index (χ2v) is 5.93. The van der Waals surface area contributed by atoms with E-state index >= 15 is 0 Å². The number of unbranched alkanes of at least 4 members (excludes halogenated alkanes) is 1. The number of rotatable bonds is 6. The lowest BCUT2D eigenvalue weighted by Gasteiger charge is -2.16. The zero-order valence-corrected chi connectivity index (χ0v) is 13.8. The molecule has 0 bridgehead atoms. The number of ether oxygens (including phenoxy) is 1. The van der Waals surface area contributed by atoms with Gasteiger partial charge in [0.05, 0.1) is 16.9 Å². The Morgan fingerprint density at radius 1 is 1.38 bits per heavy atom. The molecule has 2 rings (SSSR count). The fraction of sp³-hybridized carbons (Fsp3) is 0.533. The van der Waals surface area contributed by atoms with Crippen LogP contribution in [0.5, 0.6) is 5.88 Å². The Hall–Kier alpha value is -1.69. The van der Waals surface area contributed by atoms with Crippen molar-refractivity contribution in [1.82, 2.24) is 14.9 Å². The highest BCUT2D eigenvalue weighted by atomic mass is 32.1. The molecule has 0 atom stereocenters. The van der Waals surface area contributed by atoms with Crippen molar-refractivity contribution in [3.05, 3.63) is 16.8 Å². The molecule has 0 aliphatic rings. The fourth-order valence-corrected chi connectivity index (χ4v) is 3.29. The van der Waals surface area contributed by atoms with Gasteiger partial charge in [-0.2, -0.15) is 0 Å². The minimum atomic E-state index is 0.0476. The summed E-state index contributed by atoms with van der Waals surface area (Å²) in [5, 5.41) is 0.858. The van der Waals surface area contributed by atoms with Crippen molar-refractivity contribution in [2.24, 2.45) is 0 Å². The Morgan fingerprint density at radius 2 is 2.14 bits per heavy atom. The third kappa shape index (κ3) is 3.15. The van der Waals surface area contributed by atoms with Crippen LogP contribution in [0.4, 0.5) is 0 Å². The average Bonchev–Trinajstić information content (AvgIpc) is 2.82. The maximum absolute atomic E-state index is 12.6. The first kappa shape index (κ1) is 15.7. The Morgan fingerprint density at radius 3 is 2.81 bits per heavy atom. The summed E-state index contributed by atoms with van der Waals surface area (Å²) >= 11 is 1.41. The maximum Gasteiger partial charge on any atom is 0.264 e. The van der Waals surface area contributed by atoms with Gasteiger partial charge >= 0.3 is 0 Å². The molecule has 2 aromatic rings. The summed E-state index contributed by atoms with van der Waals surface area (Å²) in [5.41, 5.74) is 0.910. The number of thiophene rings is 1. The van der Waals surface area contributed by atoms with Gasteiger partial charge in [-0.25, -0.2) is 9.97 Å². The summed E-state index contributed by atoms with van der Waals surface area (Å²) in [6.45, 7) is 7.28. The molecule has 0 aromatic carbocycles. The van der Waals surface area contributed by atoms with Gasteiger partial charge in [-0.15, -0.1) is 11.3 Å². The van der Waals surface area contributed by atoms with Crippen LogP contribution in [-0.4, -0.2) is 41.0 Å². The van der Waals surface area contributed by atoms with E-state index in [0.29, 0.717) is 12.5 Å². The molecule has 0 spiro atoms. The topological polar surface area (TPSA) is 55.3 Å². The zero-order chi connectivity index (χ0) is 15.4. The van der Waals surface area contributed by atoms with Crippen LogP contribution >= 0.6 is 11.3 Å². The van der Waals surface area contributed by atoms with E-state index in [1.165, 1.54) is 17.7 Å². The molecular formula is C15H21N3O2S. The van der Waals surface area contributed by atoms with Crippen molar-refractivity contribution in [1.29, 1.82) is 0 Å². The normalized spacial score (nSPS) is 10.9. The summed E-state index contributed by atoms with van der Waals surface area (Å²) < 4.78 is 5.55. The quantitative estimate of drug-likeness (QED) is 0.822. The Labute approximate surface area is 129 Å². The van der Waals surface area contributed by atoms with Gasteiger partial charge in [-0.05, 0) is 25.8 Å². The summed E-state index contributed by atoms with van der Waals surface area (Å²) in [7, 11) is 1.84. The van der Waals surface area contributed by atoms with Crippen molar-refractivity contribution in [2.45, 2.75) is 33.6 Å². The molecule has 2 heterocycles. The van der Waals surface area contributed by atoms with E-state index in [2.05, 4.69) is 16.9 Å². The summed E-state index contributed by atoms with van der Waals surface area (Å²) in [5.74, 6) is 0.609. The van der Waals surface area contributed by atoms with Gasteiger partial charge in [-0.1, -0.05) is 13.3 Å². The third-order valence-corrected chi connectivity index (χ3v) is 4.55. The highest BCUT2D eigenvalue weighted by Crippen LogP contribution is 2.34. The number of hydrogen-bond donors (Lipinski definition) is 0. The van der Waals surface area contributed by atoms with Gasteiger partial charge in [0.1, 0.15) is 11.2 Å². The smallest absolute Gasteiger partial charge is 0.264 e. The molecule has 0 saturated heterocycles. The second kappa shape index (κ2) is 6.85. The van der Waals surface area contributed by atoms with Crippen LogP contribution < -0.4 is 4.74 Å². The summed E-state index contributed by atoms with van der Waals surface area (Å²) in [6.07, 6.45) is 3.57. The van der Waals surface area contributed by atoms with E-state index in [4.69, 9.17) is 4.74 Å². The number of fused-ring (bicyclic) bond motifs is 1. The van der Waals surface area contributed by atoms with E-state index in [1.807, 2.05) is 20.9 Å². The summed E-state index contributed by atoms with van der Waals surface area (Å²) in [6, 6.07) is 0. The molecule has 1 amide bonds. The SMILES string of the molecule is CCCCN(C)C(=O)c1sc2ncnc(OCC)c2c1C. The van der Waals surface area contributed by atoms with Crippen LogP contribution in [0.25, 0.3) is 10.2 Å². The van der Waals surface area contributed by atoms with Crippen LogP contribution in [0.15, 0.2) is 6.33 Å². The average molecular weight is 307 g/mol. The standard InChI is InChI=1S/C15H21N3O2S/c1-5-7-8-18(4)15(19)12-10(3)11-13(20-6-2)16-9-17-14(11)21-12/h9H,5-8H2,1-4H3. The first-order chi connectivity index (χ1) is 10.1. The fourth-order valence-electron chi connectivity index (χ4n) is 2.16. The highest BCUT2D eigenvalue weighted by Gasteiger charge is 2.22. The van der Waals surface area contributed by atoms with Crippen molar-refractivity contribution < 1.29 is 9.53 Å². The highest BCUT2D eigenvalue weighted by molar-refractivity contribution is 7.20. The molecule has 114 valence electrons. The van der Waals surface area contributed by atoms with Crippen LogP contribution in [0, 0.1) is 6.92 Å². The first-order valence-electron chi connectivity index (χ1n) is 7.22. The Balaban J connectivity index is 2.39. The van der Waals surface area contributed by atoms with Crippen molar-refractivity contribution in [2.75, 3.05) is 20.2 Å². The number of nitrogens with zero attached hydrogens (tertiary/aromatic N) is 3. The van der Waals surface area contributed by atoms with Crippen LogP contribution in [0.3, 0.4) is 0 Å². The van der Waals surface area contributed by atoms with E-state index in [-0.39, 0.29) is 5.91 Å². The van der Waals surface area contributed by atoms with E-state index in [0.717, 1.165) is 40.0 Å². The molecule has 0 saturated carbocycles. The zero-order valence-electron chi connectivity index (χ0n) is 13.0. The molecule has 0 aliphatic heterocycles. The van der Waals surface area contributed by atoms with Gasteiger partial charge in [0.25, 0.3) is 5.91 Å². The number of carbonyl (C=O) groups is 1. The van der Waals surface area contributed by atoms with Crippen LogP contribution in [0.1, 0.15) is 41.9 Å². The van der Waals surface area contributed by atoms with Gasteiger partial charge < -0.3 is 9.64 Å². The molecular weight excluding hydrogens is 286 g/mol. The molecule has 21 heavy (non-hydrogen) atoms. The summed E-state index contributed by atoms with van der Waals surface area (Å²) in [4.78, 5) is 24.3. The number of amides is 1. The predicted octanol–water partition coefficient (Wildman–Crippen LogP) is 3.27. The largest absolute Gasteiger partial charge is 0.477 e. The van der Waals surface area contributed by atoms with Gasteiger partial charge in [0, 0.05) is 13.6 Å². The molecule has 0 fully saturated rings. The number of aryl methyl sites for hydroxylation is 1. The van der Waals surface area contributed by atoms with Crippen molar-refractivity contribution >= 4 is 27.5 Å². The molecule has 0 radical (unpaired) electrons. The van der Waals surface area contributed by atoms with Crippen molar-refractivity contribution in [3.8, 4) is 5.88 Å². The minimum Gasteiger partial charge on any atom is -0.477 e. The second-order valence-electron chi connectivity index (χ2n) is 4.93. The van der Waals surface area contributed by atoms with Crippen LogP contribution in [-0.2, 0) is 0 Å². The molecule has 2 aromatic heterocycles. The Bertz CT molecular complexity index is 639. The minimum absolute atomic E-state index is 0.0476. The Kier molecular flexibility index (Phi) is 5.12. The first-order valence-corrected chi connectivity index (χ1v) is 8.04. The predicted molar refractivity (Wildman–Crippen MR) is 85.2 cm³/mol.